The zero-order valence-electron chi connectivity index (χ0n) is 31.5. The van der Waals surface area contributed by atoms with E-state index in [1.165, 1.54) is 64.2 Å². The number of carbonyl (C=O) groups is 3. The first kappa shape index (κ1) is 47.1. The number of esters is 3. The Bertz CT molecular complexity index is 1350. The molecule has 0 aliphatic rings. The highest BCUT2D eigenvalue weighted by atomic mass is 31.2. The number of ether oxygens (including phenoxy) is 3. The highest BCUT2D eigenvalue weighted by Crippen LogP contribution is 2.40. The number of hydrogen-bond acceptors (Lipinski definition) is 12. The fourth-order valence-corrected chi connectivity index (χ4v) is 5.69. The highest BCUT2D eigenvalue weighted by Gasteiger charge is 2.25. The topological polar surface area (TPSA) is 192 Å². The third-order valence-corrected chi connectivity index (χ3v) is 8.97. The van der Waals surface area contributed by atoms with Crippen molar-refractivity contribution in [2.45, 2.75) is 142 Å². The predicted molar refractivity (Wildman–Crippen MR) is 189 cm³/mol. The third-order valence-electron chi connectivity index (χ3n) is 7.98. The average molecular weight is 766 g/mol. The van der Waals surface area contributed by atoms with Crippen molar-refractivity contribution in [1.29, 1.82) is 0 Å². The summed E-state index contributed by atoms with van der Waals surface area (Å²) in [6.07, 6.45) is 15.8. The number of nitrogens with zero attached hydrogens (tertiary/aromatic N) is 2. The van der Waals surface area contributed by atoms with Crippen LogP contribution in [0.15, 0.2) is 15.8 Å². The van der Waals surface area contributed by atoms with E-state index in [1.807, 2.05) is 21.1 Å². The van der Waals surface area contributed by atoms with Crippen molar-refractivity contribution in [1.82, 2.24) is 9.55 Å². The number of hydrogen-bond donors (Lipinski definition) is 1. The third kappa shape index (κ3) is 25.1. The molecule has 1 rings (SSSR count). The van der Waals surface area contributed by atoms with E-state index >= 15 is 0 Å². The number of carbonyl (C=O) groups excluding carboxylic acids is 3. The maximum absolute atomic E-state index is 13.4. The molecule has 0 saturated carbocycles. The van der Waals surface area contributed by atoms with Gasteiger partial charge in [-0.2, -0.15) is 4.39 Å². The van der Waals surface area contributed by atoms with E-state index in [2.05, 4.69) is 6.92 Å². The molecule has 2 unspecified atom stereocenters. The Morgan fingerprint density at radius 2 is 1.31 bits per heavy atom. The maximum Gasteiger partial charge on any atom is 0.331 e. The molecule has 0 fully saturated rings. The monoisotopic (exact) mass is 765 g/mol. The van der Waals surface area contributed by atoms with Crippen molar-refractivity contribution in [2.24, 2.45) is 0 Å². The number of quaternary nitrogens is 1. The quantitative estimate of drug-likeness (QED) is 0.0259. The van der Waals surface area contributed by atoms with Crippen LogP contribution >= 0.6 is 7.82 Å². The molecule has 0 aliphatic heterocycles. The SMILES string of the molecule is CCCCCCCCCCCCCCCCCC(=O)OCC(OC(=O)CCCC(=O)OCn1cc(F)c(=O)[nH]c1=O)OP(=O)([O-])OCC[N+](C)(C)C. The lowest BCUT2D eigenvalue weighted by atomic mass is 10.0. The number of aromatic nitrogens is 2. The lowest BCUT2D eigenvalue weighted by molar-refractivity contribution is -0.870. The second kappa shape index (κ2) is 26.8. The van der Waals surface area contributed by atoms with E-state index in [-0.39, 0.29) is 32.3 Å². The molecule has 1 aromatic heterocycles. The van der Waals surface area contributed by atoms with Gasteiger partial charge in [-0.1, -0.05) is 96.8 Å². The Hall–Kier alpha value is -2.91. The van der Waals surface area contributed by atoms with Gasteiger partial charge in [-0.05, 0) is 12.8 Å². The van der Waals surface area contributed by atoms with Crippen LogP contribution in [0.25, 0.3) is 0 Å². The van der Waals surface area contributed by atoms with Gasteiger partial charge < -0.3 is 28.1 Å². The first-order valence-electron chi connectivity index (χ1n) is 18.6. The van der Waals surface area contributed by atoms with Crippen molar-refractivity contribution in [3.05, 3.63) is 32.9 Å². The predicted octanol–water partition coefficient (Wildman–Crippen LogP) is 5.23. The minimum Gasteiger partial charge on any atom is -0.756 e. The molecule has 0 aliphatic carbocycles. The van der Waals surface area contributed by atoms with Crippen LogP contribution in [0.3, 0.4) is 0 Å². The van der Waals surface area contributed by atoms with Gasteiger partial charge in [-0.25, -0.2) is 4.79 Å². The van der Waals surface area contributed by atoms with Crippen LogP contribution in [0.5, 0.6) is 0 Å². The van der Waals surface area contributed by atoms with Crippen molar-refractivity contribution in [2.75, 3.05) is 40.9 Å². The van der Waals surface area contributed by atoms with Crippen LogP contribution < -0.4 is 16.1 Å². The summed E-state index contributed by atoms with van der Waals surface area (Å²) in [5.74, 6) is -3.65. The number of aromatic amines is 1. The van der Waals surface area contributed by atoms with Crippen molar-refractivity contribution in [3.63, 3.8) is 0 Å². The number of likely N-dealkylation sites (N-methyl/N-ethyl adjacent to an activating group) is 1. The standard InChI is InChI=1S/C35H61FN3O12P/c1-5-6-7-8-9-10-11-12-13-14-15-16-17-18-19-21-30(40)47-27-33(51-52(45,46)49-25-24-39(2,3)4)50-32(42)23-20-22-31(41)48-28-38-26-29(36)34(43)37-35(38)44/h26,33H,5-25,27-28H2,1-4H3,(H-,37,43,44,45,46). The summed E-state index contributed by atoms with van der Waals surface area (Å²) >= 11 is 0. The Balaban J connectivity index is 2.43. The summed E-state index contributed by atoms with van der Waals surface area (Å²) in [7, 11) is 0.531. The van der Waals surface area contributed by atoms with Gasteiger partial charge in [0.15, 0.2) is 13.3 Å². The first-order valence-corrected chi connectivity index (χ1v) is 20.0. The summed E-state index contributed by atoms with van der Waals surface area (Å²) in [4.78, 5) is 73.8. The Morgan fingerprint density at radius 3 is 1.87 bits per heavy atom. The molecule has 1 aromatic rings. The molecule has 0 saturated heterocycles. The van der Waals surface area contributed by atoms with Crippen LogP contribution in [-0.2, 0) is 48.9 Å². The van der Waals surface area contributed by atoms with E-state index in [1.54, 1.807) is 4.98 Å². The maximum atomic E-state index is 13.4. The number of halogens is 1. The highest BCUT2D eigenvalue weighted by molar-refractivity contribution is 7.45. The fourth-order valence-electron chi connectivity index (χ4n) is 4.94. The smallest absolute Gasteiger partial charge is 0.331 e. The van der Waals surface area contributed by atoms with E-state index in [0.29, 0.717) is 28.2 Å². The van der Waals surface area contributed by atoms with Gasteiger partial charge >= 0.3 is 23.6 Å². The minimum atomic E-state index is -4.97. The van der Waals surface area contributed by atoms with Crippen LogP contribution in [0.1, 0.15) is 129 Å². The van der Waals surface area contributed by atoms with E-state index < -0.39 is 62.4 Å². The number of H-pyrrole nitrogens is 1. The van der Waals surface area contributed by atoms with Gasteiger partial charge in [0.2, 0.25) is 12.1 Å². The number of phosphoric ester groups is 1. The number of nitrogens with one attached hydrogen (secondary N) is 1. The Kier molecular flexibility index (Phi) is 24.3. The second-order valence-corrected chi connectivity index (χ2v) is 15.3. The molecular formula is C35H61FN3O12P. The van der Waals surface area contributed by atoms with Gasteiger partial charge in [0.25, 0.3) is 13.4 Å². The molecule has 0 spiro atoms. The van der Waals surface area contributed by atoms with Gasteiger partial charge in [-0.3, -0.25) is 37.8 Å². The van der Waals surface area contributed by atoms with E-state index in [9.17, 15) is 37.8 Å². The Labute approximate surface area is 306 Å². The van der Waals surface area contributed by atoms with Crippen molar-refractivity contribution in [3.8, 4) is 0 Å². The summed E-state index contributed by atoms with van der Waals surface area (Å²) in [5.41, 5.74) is -2.20. The fraction of sp³-hybridized carbons (Fsp3) is 0.800. The normalized spacial score (nSPS) is 13.3. The van der Waals surface area contributed by atoms with Crippen LogP contribution in [0.2, 0.25) is 0 Å². The van der Waals surface area contributed by atoms with Crippen molar-refractivity contribution >= 4 is 25.7 Å². The van der Waals surface area contributed by atoms with Crippen LogP contribution in [-0.4, -0.2) is 79.1 Å². The lowest BCUT2D eigenvalue weighted by Gasteiger charge is -2.29. The second-order valence-electron chi connectivity index (χ2n) is 13.9. The molecule has 2 atom stereocenters. The van der Waals surface area contributed by atoms with Gasteiger partial charge in [0.05, 0.1) is 27.3 Å². The molecule has 17 heteroatoms. The van der Waals surface area contributed by atoms with Crippen LogP contribution in [0.4, 0.5) is 4.39 Å². The molecule has 0 radical (unpaired) electrons. The number of phosphoric acid groups is 1. The van der Waals surface area contributed by atoms with Crippen molar-refractivity contribution < 1.29 is 56.0 Å². The van der Waals surface area contributed by atoms with Gasteiger partial charge in [0, 0.05) is 19.3 Å². The minimum absolute atomic E-state index is 0.104. The molecule has 52 heavy (non-hydrogen) atoms. The zero-order chi connectivity index (χ0) is 38.8. The largest absolute Gasteiger partial charge is 0.756 e. The molecule has 1 heterocycles. The molecule has 1 N–H and O–H groups in total. The molecule has 300 valence electrons. The molecule has 0 amide bonds. The summed E-state index contributed by atoms with van der Waals surface area (Å²) < 4.78 is 51.8. The molecule has 0 bridgehead atoms. The Morgan fingerprint density at radius 1 is 0.808 bits per heavy atom. The lowest BCUT2D eigenvalue weighted by Crippen LogP contribution is -2.38. The number of rotatable bonds is 31. The summed E-state index contributed by atoms with van der Waals surface area (Å²) in [6.45, 7) is 0.985. The first-order chi connectivity index (χ1) is 24.6. The van der Waals surface area contributed by atoms with Gasteiger partial charge in [-0.15, -0.1) is 0 Å². The van der Waals surface area contributed by atoms with E-state index in [4.69, 9.17) is 23.3 Å². The molecular weight excluding hydrogens is 704 g/mol. The molecule has 0 aromatic carbocycles. The van der Waals surface area contributed by atoms with E-state index in [0.717, 1.165) is 25.7 Å². The van der Waals surface area contributed by atoms with Crippen LogP contribution in [0, 0.1) is 5.82 Å². The summed E-state index contributed by atoms with van der Waals surface area (Å²) in [6, 6.07) is 0. The zero-order valence-corrected chi connectivity index (χ0v) is 32.4. The summed E-state index contributed by atoms with van der Waals surface area (Å²) in [5, 5.41) is 0. The number of unbranched alkanes of at least 4 members (excludes halogenated alkanes) is 14. The average Bonchev–Trinajstić information content (AvgIpc) is 3.05. The van der Waals surface area contributed by atoms with Gasteiger partial charge in [0.1, 0.15) is 13.2 Å². The molecule has 15 nitrogen and oxygen atoms in total.